The number of anilines is 1. The highest BCUT2D eigenvalue weighted by Crippen LogP contribution is 2.30. The highest BCUT2D eigenvalue weighted by Gasteiger charge is 2.26. The second-order valence-electron chi connectivity index (χ2n) is 5.73. The number of aromatic nitrogens is 1. The van der Waals surface area contributed by atoms with Crippen LogP contribution in [-0.4, -0.2) is 24.1 Å². The van der Waals surface area contributed by atoms with Crippen LogP contribution in [0.5, 0.6) is 0 Å². The first-order chi connectivity index (χ1) is 9.24. The van der Waals surface area contributed by atoms with Gasteiger partial charge in [-0.05, 0) is 44.7 Å². The fourth-order valence-electron chi connectivity index (χ4n) is 2.91. The predicted molar refractivity (Wildman–Crippen MR) is 81.4 cm³/mol. The summed E-state index contributed by atoms with van der Waals surface area (Å²) in [7, 11) is 0. The Balaban J connectivity index is 2.13. The van der Waals surface area contributed by atoms with E-state index in [9.17, 15) is 0 Å². The molecule has 3 heteroatoms. The van der Waals surface area contributed by atoms with E-state index in [1.807, 2.05) is 12.4 Å². The van der Waals surface area contributed by atoms with Gasteiger partial charge in [-0.25, -0.2) is 0 Å². The molecule has 1 aliphatic rings. The lowest BCUT2D eigenvalue weighted by Crippen LogP contribution is -2.43. The van der Waals surface area contributed by atoms with Crippen LogP contribution in [0.4, 0.5) is 5.69 Å². The molecular formula is C16H27N3. The zero-order valence-corrected chi connectivity index (χ0v) is 12.5. The minimum absolute atomic E-state index is 0.626. The zero-order chi connectivity index (χ0) is 13.7. The molecule has 1 aromatic heterocycles. The van der Waals surface area contributed by atoms with Gasteiger partial charge in [0.1, 0.15) is 0 Å². The van der Waals surface area contributed by atoms with Crippen LogP contribution in [0.2, 0.25) is 0 Å². The van der Waals surface area contributed by atoms with Crippen LogP contribution in [0.15, 0.2) is 18.5 Å². The summed E-state index contributed by atoms with van der Waals surface area (Å²) in [5.74, 6) is 0.776. The van der Waals surface area contributed by atoms with Gasteiger partial charge in [0.25, 0.3) is 0 Å². The summed E-state index contributed by atoms with van der Waals surface area (Å²) in [4.78, 5) is 6.86. The molecule has 0 spiro atoms. The molecule has 0 amide bonds. The van der Waals surface area contributed by atoms with Crippen molar-refractivity contribution in [3.8, 4) is 0 Å². The Morgan fingerprint density at radius 2 is 2.26 bits per heavy atom. The molecule has 1 N–H and O–H groups in total. The zero-order valence-electron chi connectivity index (χ0n) is 12.5. The average molecular weight is 261 g/mol. The SMILES string of the molecule is CCCNCc1cnccc1N1CCCC(C)C1C. The van der Waals surface area contributed by atoms with Gasteiger partial charge in [-0.1, -0.05) is 13.8 Å². The third-order valence-corrected chi connectivity index (χ3v) is 4.30. The number of piperidine rings is 1. The van der Waals surface area contributed by atoms with Gasteiger partial charge in [-0.3, -0.25) is 4.98 Å². The van der Waals surface area contributed by atoms with Crippen molar-refractivity contribution in [1.82, 2.24) is 10.3 Å². The van der Waals surface area contributed by atoms with E-state index in [4.69, 9.17) is 0 Å². The molecule has 2 atom stereocenters. The van der Waals surface area contributed by atoms with Gasteiger partial charge in [0.2, 0.25) is 0 Å². The van der Waals surface area contributed by atoms with Gasteiger partial charge in [-0.15, -0.1) is 0 Å². The molecule has 1 saturated heterocycles. The lowest BCUT2D eigenvalue weighted by atomic mass is 9.91. The third-order valence-electron chi connectivity index (χ3n) is 4.30. The van der Waals surface area contributed by atoms with Gasteiger partial charge < -0.3 is 10.2 Å². The summed E-state index contributed by atoms with van der Waals surface area (Å²) in [5.41, 5.74) is 2.70. The molecule has 19 heavy (non-hydrogen) atoms. The molecule has 0 aromatic carbocycles. The van der Waals surface area contributed by atoms with Crippen molar-refractivity contribution in [2.45, 2.75) is 52.6 Å². The van der Waals surface area contributed by atoms with Gasteiger partial charge in [-0.2, -0.15) is 0 Å². The third kappa shape index (κ3) is 3.47. The molecule has 1 fully saturated rings. The van der Waals surface area contributed by atoms with E-state index in [0.717, 1.165) is 19.0 Å². The van der Waals surface area contributed by atoms with Crippen LogP contribution >= 0.6 is 0 Å². The first-order valence-corrected chi connectivity index (χ1v) is 7.64. The van der Waals surface area contributed by atoms with Gasteiger partial charge in [0.05, 0.1) is 0 Å². The Hall–Kier alpha value is -1.09. The van der Waals surface area contributed by atoms with E-state index in [2.05, 4.69) is 42.0 Å². The topological polar surface area (TPSA) is 28.2 Å². The van der Waals surface area contributed by atoms with E-state index in [1.165, 1.54) is 37.1 Å². The van der Waals surface area contributed by atoms with Gasteiger partial charge in [0, 0.05) is 42.8 Å². The molecule has 2 heterocycles. The van der Waals surface area contributed by atoms with Crippen LogP contribution in [0, 0.1) is 5.92 Å². The maximum absolute atomic E-state index is 4.30. The number of pyridine rings is 1. The number of nitrogens with zero attached hydrogens (tertiary/aromatic N) is 2. The molecule has 106 valence electrons. The van der Waals surface area contributed by atoms with E-state index < -0.39 is 0 Å². The van der Waals surface area contributed by atoms with E-state index in [-0.39, 0.29) is 0 Å². The predicted octanol–water partition coefficient (Wildman–Crippen LogP) is 3.21. The summed E-state index contributed by atoms with van der Waals surface area (Å²) in [6, 6.07) is 2.80. The van der Waals surface area contributed by atoms with Gasteiger partial charge in [0.15, 0.2) is 0 Å². The monoisotopic (exact) mass is 261 g/mol. The molecule has 0 radical (unpaired) electrons. The number of nitrogens with one attached hydrogen (secondary N) is 1. The minimum atomic E-state index is 0.626. The lowest BCUT2D eigenvalue weighted by molar-refractivity contribution is 0.363. The molecule has 1 aromatic rings. The Kier molecular flexibility index (Phi) is 5.20. The molecule has 0 saturated carbocycles. The van der Waals surface area contributed by atoms with Crippen molar-refractivity contribution in [3.63, 3.8) is 0 Å². The summed E-state index contributed by atoms with van der Waals surface area (Å²) >= 11 is 0. The molecule has 3 nitrogen and oxygen atoms in total. The van der Waals surface area contributed by atoms with Crippen LogP contribution in [0.3, 0.4) is 0 Å². The Morgan fingerprint density at radius 1 is 1.42 bits per heavy atom. The number of hydrogen-bond acceptors (Lipinski definition) is 3. The Morgan fingerprint density at radius 3 is 3.05 bits per heavy atom. The standard InChI is InChI=1S/C16H27N3/c1-4-8-17-11-15-12-18-9-7-16(15)19-10-5-6-13(2)14(19)3/h7,9,12-14,17H,4-6,8,10-11H2,1-3H3. The molecule has 2 rings (SSSR count). The first-order valence-electron chi connectivity index (χ1n) is 7.64. The Bertz CT molecular complexity index is 391. The molecule has 2 unspecified atom stereocenters. The van der Waals surface area contributed by atoms with E-state index in [1.54, 1.807) is 0 Å². The second-order valence-corrected chi connectivity index (χ2v) is 5.73. The molecular weight excluding hydrogens is 234 g/mol. The van der Waals surface area contributed by atoms with Crippen molar-refractivity contribution in [3.05, 3.63) is 24.0 Å². The smallest absolute Gasteiger partial charge is 0.0445 e. The normalized spacial score (nSPS) is 23.6. The van der Waals surface area contributed by atoms with Crippen LogP contribution in [0.25, 0.3) is 0 Å². The van der Waals surface area contributed by atoms with Gasteiger partial charge >= 0.3 is 0 Å². The highest BCUT2D eigenvalue weighted by molar-refractivity contribution is 5.53. The summed E-state index contributed by atoms with van der Waals surface area (Å²) in [6.45, 7) is 10.1. The first kappa shape index (κ1) is 14.3. The average Bonchev–Trinajstić information content (AvgIpc) is 2.43. The molecule has 1 aliphatic heterocycles. The van der Waals surface area contributed by atoms with E-state index >= 15 is 0 Å². The second kappa shape index (κ2) is 6.90. The number of rotatable bonds is 5. The summed E-state index contributed by atoms with van der Waals surface area (Å²) in [5, 5.41) is 3.49. The van der Waals surface area contributed by atoms with Crippen molar-refractivity contribution >= 4 is 5.69 Å². The maximum Gasteiger partial charge on any atom is 0.0445 e. The lowest BCUT2D eigenvalue weighted by Gasteiger charge is -2.40. The quantitative estimate of drug-likeness (QED) is 0.825. The number of hydrogen-bond donors (Lipinski definition) is 1. The molecule has 0 bridgehead atoms. The largest absolute Gasteiger partial charge is 0.368 e. The van der Waals surface area contributed by atoms with Crippen molar-refractivity contribution in [2.24, 2.45) is 5.92 Å². The van der Waals surface area contributed by atoms with Crippen molar-refractivity contribution in [2.75, 3.05) is 18.0 Å². The fraction of sp³-hybridized carbons (Fsp3) is 0.688. The van der Waals surface area contributed by atoms with E-state index in [0.29, 0.717) is 6.04 Å². The maximum atomic E-state index is 4.30. The molecule has 0 aliphatic carbocycles. The minimum Gasteiger partial charge on any atom is -0.368 e. The van der Waals surface area contributed by atoms with Crippen molar-refractivity contribution < 1.29 is 0 Å². The summed E-state index contributed by atoms with van der Waals surface area (Å²) < 4.78 is 0. The fourth-order valence-corrected chi connectivity index (χ4v) is 2.91. The Labute approximate surface area is 117 Å². The highest BCUT2D eigenvalue weighted by atomic mass is 15.2. The van der Waals surface area contributed by atoms with Crippen LogP contribution in [0.1, 0.15) is 45.6 Å². The van der Waals surface area contributed by atoms with Crippen molar-refractivity contribution in [1.29, 1.82) is 0 Å². The van der Waals surface area contributed by atoms with Crippen LogP contribution in [-0.2, 0) is 6.54 Å². The van der Waals surface area contributed by atoms with Crippen LogP contribution < -0.4 is 10.2 Å². The summed E-state index contributed by atoms with van der Waals surface area (Å²) in [6.07, 6.45) is 7.77.